The van der Waals surface area contributed by atoms with Crippen LogP contribution in [-0.4, -0.2) is 43.7 Å². The van der Waals surface area contributed by atoms with Crippen LogP contribution in [0.5, 0.6) is 0 Å². The van der Waals surface area contributed by atoms with Gasteiger partial charge in [-0.2, -0.15) is 0 Å². The molecule has 0 bridgehead atoms. The first kappa shape index (κ1) is 14.8. The number of likely N-dealkylation sites (N-methyl/N-ethyl adjacent to an activating group) is 1. The topological polar surface area (TPSA) is 32.5 Å². The number of aryl methyl sites for hydroxylation is 1. The Labute approximate surface area is 124 Å². The fraction of sp³-hybridized carbons (Fsp3) is 0.600. The summed E-state index contributed by atoms with van der Waals surface area (Å²) in [6, 6.07) is 7.60. The molecule has 19 heavy (non-hydrogen) atoms. The summed E-state index contributed by atoms with van der Waals surface area (Å²) in [6.45, 7) is 7.24. The van der Waals surface area contributed by atoms with E-state index in [0.29, 0.717) is 18.6 Å². The Bertz CT molecular complexity index is 435. The van der Waals surface area contributed by atoms with Crippen LogP contribution in [0, 0.1) is 6.92 Å². The number of nitrogens with two attached hydrogens (primary N) is 1. The molecule has 3 nitrogen and oxygen atoms in total. The van der Waals surface area contributed by atoms with E-state index in [4.69, 9.17) is 5.73 Å². The van der Waals surface area contributed by atoms with Gasteiger partial charge < -0.3 is 15.5 Å². The molecule has 4 heteroatoms. The van der Waals surface area contributed by atoms with Crippen LogP contribution >= 0.6 is 15.9 Å². The SMILES string of the molecule is Cc1cc(N2CCC(C)N(C)CC2CN)ccc1Br. The van der Waals surface area contributed by atoms with Crippen LogP contribution in [0.15, 0.2) is 22.7 Å². The summed E-state index contributed by atoms with van der Waals surface area (Å²) in [4.78, 5) is 4.89. The van der Waals surface area contributed by atoms with Crippen molar-refractivity contribution in [3.63, 3.8) is 0 Å². The zero-order chi connectivity index (χ0) is 14.0. The van der Waals surface area contributed by atoms with Crippen molar-refractivity contribution in [2.45, 2.75) is 32.4 Å². The predicted molar refractivity (Wildman–Crippen MR) is 85.8 cm³/mol. The number of rotatable bonds is 2. The van der Waals surface area contributed by atoms with E-state index < -0.39 is 0 Å². The van der Waals surface area contributed by atoms with Crippen molar-refractivity contribution in [3.8, 4) is 0 Å². The Kier molecular flexibility index (Phi) is 4.87. The fourth-order valence-corrected chi connectivity index (χ4v) is 2.94. The number of halogens is 1. The van der Waals surface area contributed by atoms with Gasteiger partial charge in [0.1, 0.15) is 0 Å². The van der Waals surface area contributed by atoms with Crippen molar-refractivity contribution in [3.05, 3.63) is 28.2 Å². The normalized spacial score (nSPS) is 25.4. The van der Waals surface area contributed by atoms with Crippen LogP contribution in [0.4, 0.5) is 5.69 Å². The molecule has 0 saturated carbocycles. The molecular formula is C15H24BrN3. The first-order chi connectivity index (χ1) is 9.02. The van der Waals surface area contributed by atoms with Gasteiger partial charge in [0.05, 0.1) is 6.04 Å². The van der Waals surface area contributed by atoms with Gasteiger partial charge in [-0.3, -0.25) is 0 Å². The van der Waals surface area contributed by atoms with Crippen molar-refractivity contribution < 1.29 is 0 Å². The van der Waals surface area contributed by atoms with Gasteiger partial charge in [0.25, 0.3) is 0 Å². The maximum atomic E-state index is 6.00. The second-order valence-corrected chi connectivity index (χ2v) is 6.45. The van der Waals surface area contributed by atoms with Gasteiger partial charge in [0, 0.05) is 35.8 Å². The number of benzene rings is 1. The maximum absolute atomic E-state index is 6.00. The number of hydrogen-bond acceptors (Lipinski definition) is 3. The molecule has 1 aliphatic rings. The summed E-state index contributed by atoms with van der Waals surface area (Å²) in [5.74, 6) is 0. The molecule has 1 aliphatic heterocycles. The smallest absolute Gasteiger partial charge is 0.0539 e. The summed E-state index contributed by atoms with van der Waals surface area (Å²) >= 11 is 3.57. The standard InChI is InChI=1S/C15H24BrN3/c1-11-8-13(4-5-15(11)16)19-7-6-12(2)18(3)10-14(19)9-17/h4-5,8,12,14H,6-7,9-10,17H2,1-3H3. The lowest BCUT2D eigenvalue weighted by atomic mass is 10.1. The minimum absolute atomic E-state index is 0.399. The molecule has 2 N–H and O–H groups in total. The highest BCUT2D eigenvalue weighted by atomic mass is 79.9. The molecule has 0 spiro atoms. The first-order valence-corrected chi connectivity index (χ1v) is 7.75. The van der Waals surface area contributed by atoms with Gasteiger partial charge in [-0.15, -0.1) is 0 Å². The van der Waals surface area contributed by atoms with Crippen molar-refractivity contribution >= 4 is 21.6 Å². The van der Waals surface area contributed by atoms with E-state index in [0.717, 1.165) is 13.1 Å². The van der Waals surface area contributed by atoms with E-state index in [1.165, 1.54) is 22.1 Å². The number of anilines is 1. The lowest BCUT2D eigenvalue weighted by molar-refractivity contribution is 0.256. The molecule has 1 saturated heterocycles. The third kappa shape index (κ3) is 3.30. The van der Waals surface area contributed by atoms with Crippen LogP contribution < -0.4 is 10.6 Å². The molecule has 1 fully saturated rings. The van der Waals surface area contributed by atoms with Crippen molar-refractivity contribution in [2.75, 3.05) is 31.6 Å². The molecular weight excluding hydrogens is 302 g/mol. The van der Waals surface area contributed by atoms with Crippen LogP contribution in [0.2, 0.25) is 0 Å². The average molecular weight is 326 g/mol. The number of nitrogens with zero attached hydrogens (tertiary/aromatic N) is 2. The van der Waals surface area contributed by atoms with Crippen LogP contribution in [0.1, 0.15) is 18.9 Å². The predicted octanol–water partition coefficient (Wildman–Crippen LogP) is 2.62. The maximum Gasteiger partial charge on any atom is 0.0539 e. The number of hydrogen-bond donors (Lipinski definition) is 1. The lowest BCUT2D eigenvalue weighted by Crippen LogP contribution is -2.45. The third-order valence-corrected chi connectivity index (χ3v) is 5.11. The molecule has 0 radical (unpaired) electrons. The Morgan fingerprint density at radius 3 is 2.79 bits per heavy atom. The second kappa shape index (κ2) is 6.25. The Morgan fingerprint density at radius 1 is 1.42 bits per heavy atom. The minimum atomic E-state index is 0.399. The molecule has 106 valence electrons. The summed E-state index contributed by atoms with van der Waals surface area (Å²) in [5.41, 5.74) is 8.57. The van der Waals surface area contributed by atoms with E-state index in [-0.39, 0.29) is 0 Å². The fourth-order valence-electron chi connectivity index (χ4n) is 2.69. The minimum Gasteiger partial charge on any atom is -0.366 e. The van der Waals surface area contributed by atoms with Gasteiger partial charge in [0.15, 0.2) is 0 Å². The van der Waals surface area contributed by atoms with Gasteiger partial charge in [0.2, 0.25) is 0 Å². The van der Waals surface area contributed by atoms with Gasteiger partial charge >= 0.3 is 0 Å². The largest absolute Gasteiger partial charge is 0.366 e. The highest BCUT2D eigenvalue weighted by Gasteiger charge is 2.26. The molecule has 1 aromatic rings. The third-order valence-electron chi connectivity index (χ3n) is 4.22. The van der Waals surface area contributed by atoms with Crippen LogP contribution in [-0.2, 0) is 0 Å². The zero-order valence-corrected chi connectivity index (χ0v) is 13.7. The summed E-state index contributed by atoms with van der Waals surface area (Å²) in [5, 5.41) is 0. The molecule has 1 aromatic carbocycles. The Hall–Kier alpha value is -0.580. The van der Waals surface area contributed by atoms with Gasteiger partial charge in [-0.1, -0.05) is 15.9 Å². The molecule has 2 unspecified atom stereocenters. The zero-order valence-electron chi connectivity index (χ0n) is 12.1. The summed E-state index contributed by atoms with van der Waals surface area (Å²) in [7, 11) is 2.20. The van der Waals surface area contributed by atoms with Crippen molar-refractivity contribution in [1.82, 2.24) is 4.90 Å². The molecule has 2 rings (SSSR count). The first-order valence-electron chi connectivity index (χ1n) is 6.96. The Balaban J connectivity index is 2.27. The molecule has 0 amide bonds. The lowest BCUT2D eigenvalue weighted by Gasteiger charge is -2.32. The van der Waals surface area contributed by atoms with E-state index in [2.05, 4.69) is 64.8 Å². The van der Waals surface area contributed by atoms with Crippen LogP contribution in [0.25, 0.3) is 0 Å². The Morgan fingerprint density at radius 2 is 2.16 bits per heavy atom. The summed E-state index contributed by atoms with van der Waals surface area (Å²) < 4.78 is 1.17. The molecule has 2 atom stereocenters. The quantitative estimate of drug-likeness (QED) is 0.907. The highest BCUT2D eigenvalue weighted by molar-refractivity contribution is 9.10. The van der Waals surface area contributed by atoms with E-state index in [1.807, 2.05) is 0 Å². The van der Waals surface area contributed by atoms with Crippen LogP contribution in [0.3, 0.4) is 0 Å². The second-order valence-electron chi connectivity index (χ2n) is 5.59. The molecule has 1 heterocycles. The van der Waals surface area contributed by atoms with Gasteiger partial charge in [-0.05, 0) is 51.1 Å². The average Bonchev–Trinajstić information content (AvgIpc) is 2.53. The van der Waals surface area contributed by atoms with E-state index in [9.17, 15) is 0 Å². The molecule has 0 aliphatic carbocycles. The van der Waals surface area contributed by atoms with Crippen molar-refractivity contribution in [2.24, 2.45) is 5.73 Å². The van der Waals surface area contributed by atoms with E-state index >= 15 is 0 Å². The monoisotopic (exact) mass is 325 g/mol. The highest BCUT2D eigenvalue weighted by Crippen LogP contribution is 2.26. The van der Waals surface area contributed by atoms with E-state index in [1.54, 1.807) is 0 Å². The molecule has 0 aromatic heterocycles. The summed E-state index contributed by atoms with van der Waals surface area (Å²) in [6.07, 6.45) is 1.18. The van der Waals surface area contributed by atoms with Gasteiger partial charge in [-0.25, -0.2) is 0 Å². The van der Waals surface area contributed by atoms with Crippen molar-refractivity contribution in [1.29, 1.82) is 0 Å².